The number of hydrogen-bond donors (Lipinski definition) is 2. The van der Waals surface area contributed by atoms with Crippen LogP contribution in [-0.4, -0.2) is 47.7 Å². The van der Waals surface area contributed by atoms with Crippen LogP contribution in [0.2, 0.25) is 0 Å². The molecule has 1 saturated carbocycles. The molecular formula is C18H28N2O2. The Balaban J connectivity index is 1.83. The van der Waals surface area contributed by atoms with Crippen molar-refractivity contribution in [2.75, 3.05) is 26.2 Å². The zero-order chi connectivity index (χ0) is 16.2. The summed E-state index contributed by atoms with van der Waals surface area (Å²) in [4.78, 5) is 14.1. The van der Waals surface area contributed by atoms with Gasteiger partial charge in [-0.3, -0.25) is 9.69 Å². The van der Waals surface area contributed by atoms with Crippen LogP contribution < -0.4 is 5.32 Å². The van der Waals surface area contributed by atoms with Gasteiger partial charge < -0.3 is 10.4 Å². The lowest BCUT2D eigenvalue weighted by molar-refractivity contribution is -0.122. The van der Waals surface area contributed by atoms with Crippen molar-refractivity contribution in [1.29, 1.82) is 0 Å². The Hall–Kier alpha value is -1.39. The first-order valence-corrected chi connectivity index (χ1v) is 8.12. The SMILES string of the molecule is CCN(CC(=O)NCC1(c2ccccc2)CC1)CC(C)(C)O. The third-order valence-corrected chi connectivity index (χ3v) is 4.29. The lowest BCUT2D eigenvalue weighted by atomic mass is 9.96. The normalized spacial score (nSPS) is 16.6. The minimum atomic E-state index is -0.780. The minimum Gasteiger partial charge on any atom is -0.389 e. The summed E-state index contributed by atoms with van der Waals surface area (Å²) < 4.78 is 0. The Labute approximate surface area is 133 Å². The van der Waals surface area contributed by atoms with Crippen LogP contribution >= 0.6 is 0 Å². The smallest absolute Gasteiger partial charge is 0.234 e. The van der Waals surface area contributed by atoms with E-state index in [1.807, 2.05) is 17.9 Å². The molecule has 1 aromatic rings. The Morgan fingerprint density at radius 1 is 1.32 bits per heavy atom. The highest BCUT2D eigenvalue weighted by atomic mass is 16.3. The van der Waals surface area contributed by atoms with Gasteiger partial charge in [0.05, 0.1) is 12.1 Å². The van der Waals surface area contributed by atoms with E-state index in [1.165, 1.54) is 5.56 Å². The van der Waals surface area contributed by atoms with Gasteiger partial charge in [-0.15, -0.1) is 0 Å². The zero-order valence-electron chi connectivity index (χ0n) is 13.9. The third-order valence-electron chi connectivity index (χ3n) is 4.29. The van der Waals surface area contributed by atoms with Crippen molar-refractivity contribution in [3.8, 4) is 0 Å². The first-order chi connectivity index (χ1) is 10.3. The fourth-order valence-corrected chi connectivity index (χ4v) is 2.86. The maximum atomic E-state index is 12.2. The van der Waals surface area contributed by atoms with E-state index in [0.29, 0.717) is 19.6 Å². The molecule has 0 aromatic heterocycles. The second-order valence-corrected chi connectivity index (χ2v) is 7.04. The van der Waals surface area contributed by atoms with Gasteiger partial charge >= 0.3 is 0 Å². The maximum absolute atomic E-state index is 12.2. The number of aliphatic hydroxyl groups is 1. The number of rotatable bonds is 8. The van der Waals surface area contributed by atoms with Gasteiger partial charge in [-0.05, 0) is 38.8 Å². The predicted molar refractivity (Wildman–Crippen MR) is 88.8 cm³/mol. The predicted octanol–water partition coefficient (Wildman–Crippen LogP) is 1.93. The standard InChI is InChI=1S/C18H28N2O2/c1-4-20(14-17(2,3)22)12-16(21)19-13-18(10-11-18)15-8-6-5-7-9-15/h5-9,22H,4,10-14H2,1-3H3,(H,19,21). The van der Waals surface area contributed by atoms with Crippen LogP contribution in [0.25, 0.3) is 0 Å². The van der Waals surface area contributed by atoms with Crippen molar-refractivity contribution in [3.63, 3.8) is 0 Å². The largest absolute Gasteiger partial charge is 0.389 e. The average Bonchev–Trinajstić information content (AvgIpc) is 3.25. The molecule has 0 saturated heterocycles. The third kappa shape index (κ3) is 4.82. The van der Waals surface area contributed by atoms with Crippen LogP contribution in [0.4, 0.5) is 0 Å². The summed E-state index contributed by atoms with van der Waals surface area (Å²) in [5, 5.41) is 12.9. The molecule has 4 nitrogen and oxygen atoms in total. The Morgan fingerprint density at radius 3 is 2.45 bits per heavy atom. The van der Waals surface area contributed by atoms with Gasteiger partial charge in [-0.25, -0.2) is 0 Å². The number of amides is 1. The fourth-order valence-electron chi connectivity index (χ4n) is 2.86. The Bertz CT molecular complexity index is 490. The van der Waals surface area contributed by atoms with Crippen molar-refractivity contribution in [2.45, 2.75) is 44.6 Å². The quantitative estimate of drug-likeness (QED) is 0.771. The zero-order valence-corrected chi connectivity index (χ0v) is 13.9. The summed E-state index contributed by atoms with van der Waals surface area (Å²) in [6, 6.07) is 10.4. The van der Waals surface area contributed by atoms with Gasteiger partial charge in [0.1, 0.15) is 0 Å². The number of benzene rings is 1. The Kier molecular flexibility index (Phi) is 5.24. The van der Waals surface area contributed by atoms with Crippen molar-refractivity contribution in [1.82, 2.24) is 10.2 Å². The molecular weight excluding hydrogens is 276 g/mol. The van der Waals surface area contributed by atoms with E-state index in [2.05, 4.69) is 29.6 Å². The van der Waals surface area contributed by atoms with Gasteiger partial charge in [0.2, 0.25) is 5.91 Å². The summed E-state index contributed by atoms with van der Waals surface area (Å²) in [7, 11) is 0. The van der Waals surface area contributed by atoms with Crippen LogP contribution in [0.3, 0.4) is 0 Å². The summed E-state index contributed by atoms with van der Waals surface area (Å²) >= 11 is 0. The molecule has 0 spiro atoms. The fraction of sp³-hybridized carbons (Fsp3) is 0.611. The first-order valence-electron chi connectivity index (χ1n) is 8.12. The lowest BCUT2D eigenvalue weighted by Crippen LogP contribution is -2.45. The average molecular weight is 304 g/mol. The second kappa shape index (κ2) is 6.80. The van der Waals surface area contributed by atoms with E-state index in [1.54, 1.807) is 13.8 Å². The van der Waals surface area contributed by atoms with E-state index in [9.17, 15) is 9.90 Å². The molecule has 1 aliphatic carbocycles. The summed E-state index contributed by atoms with van der Waals surface area (Å²) in [6.45, 7) is 7.83. The second-order valence-electron chi connectivity index (χ2n) is 7.04. The minimum absolute atomic E-state index is 0.0355. The van der Waals surface area contributed by atoms with Crippen molar-refractivity contribution in [2.24, 2.45) is 0 Å². The summed E-state index contributed by atoms with van der Waals surface area (Å²) in [6.07, 6.45) is 2.27. The molecule has 0 unspecified atom stereocenters. The molecule has 0 radical (unpaired) electrons. The molecule has 1 fully saturated rings. The van der Waals surface area contributed by atoms with Gasteiger partial charge in [-0.1, -0.05) is 37.3 Å². The van der Waals surface area contributed by atoms with E-state index < -0.39 is 5.60 Å². The maximum Gasteiger partial charge on any atom is 0.234 e. The van der Waals surface area contributed by atoms with E-state index >= 15 is 0 Å². The topological polar surface area (TPSA) is 52.6 Å². The molecule has 2 N–H and O–H groups in total. The number of carbonyl (C=O) groups excluding carboxylic acids is 1. The highest BCUT2D eigenvalue weighted by Gasteiger charge is 2.44. The van der Waals surface area contributed by atoms with E-state index in [0.717, 1.165) is 19.4 Å². The molecule has 0 bridgehead atoms. The van der Waals surface area contributed by atoms with Crippen LogP contribution in [0.1, 0.15) is 39.2 Å². The van der Waals surface area contributed by atoms with Crippen LogP contribution in [0.5, 0.6) is 0 Å². The molecule has 122 valence electrons. The highest BCUT2D eigenvalue weighted by Crippen LogP contribution is 2.47. The summed E-state index contributed by atoms with van der Waals surface area (Å²) in [5.41, 5.74) is 0.682. The van der Waals surface area contributed by atoms with Crippen molar-refractivity contribution >= 4 is 5.91 Å². The van der Waals surface area contributed by atoms with Crippen LogP contribution in [0.15, 0.2) is 30.3 Å². The molecule has 0 heterocycles. The van der Waals surface area contributed by atoms with Crippen molar-refractivity contribution < 1.29 is 9.90 Å². The number of carbonyl (C=O) groups is 1. The molecule has 0 atom stereocenters. The molecule has 4 heteroatoms. The molecule has 1 amide bonds. The van der Waals surface area contributed by atoms with Gasteiger partial charge in [0, 0.05) is 18.5 Å². The molecule has 1 aliphatic rings. The monoisotopic (exact) mass is 304 g/mol. The molecule has 1 aromatic carbocycles. The first kappa shape index (κ1) is 17.0. The van der Waals surface area contributed by atoms with Gasteiger partial charge in [0.25, 0.3) is 0 Å². The molecule has 2 rings (SSSR count). The Morgan fingerprint density at radius 2 is 1.95 bits per heavy atom. The van der Waals surface area contributed by atoms with Crippen LogP contribution in [0, 0.1) is 0 Å². The molecule has 22 heavy (non-hydrogen) atoms. The van der Waals surface area contributed by atoms with Crippen molar-refractivity contribution in [3.05, 3.63) is 35.9 Å². The number of nitrogens with one attached hydrogen (secondary N) is 1. The number of likely N-dealkylation sites (N-methyl/N-ethyl adjacent to an activating group) is 1. The van der Waals surface area contributed by atoms with Gasteiger partial charge in [-0.2, -0.15) is 0 Å². The van der Waals surface area contributed by atoms with Gasteiger partial charge in [0.15, 0.2) is 0 Å². The summed E-state index contributed by atoms with van der Waals surface area (Å²) in [5.74, 6) is 0.0355. The highest BCUT2D eigenvalue weighted by molar-refractivity contribution is 5.78. The lowest BCUT2D eigenvalue weighted by Gasteiger charge is -2.27. The molecule has 0 aliphatic heterocycles. The van der Waals surface area contributed by atoms with E-state index in [4.69, 9.17) is 0 Å². The number of hydrogen-bond acceptors (Lipinski definition) is 3. The number of nitrogens with zero attached hydrogens (tertiary/aromatic N) is 1. The van der Waals surface area contributed by atoms with E-state index in [-0.39, 0.29) is 11.3 Å². The van der Waals surface area contributed by atoms with Crippen LogP contribution in [-0.2, 0) is 10.2 Å².